The lowest BCUT2D eigenvalue weighted by atomic mass is 10.00. The number of hydrogen-bond donors (Lipinski definition) is 0. The van der Waals surface area contributed by atoms with Crippen LogP contribution in [0.4, 0.5) is 5.69 Å². The van der Waals surface area contributed by atoms with Crippen LogP contribution < -0.4 is 10.5 Å². The maximum atomic E-state index is 11.9. The summed E-state index contributed by atoms with van der Waals surface area (Å²) in [5, 5.41) is 4.24. The average Bonchev–Trinajstić information content (AvgIpc) is 3.16. The molecule has 2 fully saturated rings. The van der Waals surface area contributed by atoms with Gasteiger partial charge in [-0.15, -0.1) is 0 Å². The van der Waals surface area contributed by atoms with Crippen molar-refractivity contribution in [1.82, 2.24) is 9.78 Å². The van der Waals surface area contributed by atoms with Crippen molar-refractivity contribution >= 4 is 5.69 Å². The number of ether oxygens (including phenoxy) is 1. The summed E-state index contributed by atoms with van der Waals surface area (Å²) in [6, 6.07) is 1.70. The zero-order valence-electron chi connectivity index (χ0n) is 10.7. The molecule has 0 aliphatic carbocycles. The monoisotopic (exact) mass is 249 g/mol. The van der Waals surface area contributed by atoms with E-state index in [0.29, 0.717) is 12.5 Å². The van der Waals surface area contributed by atoms with Crippen LogP contribution >= 0.6 is 0 Å². The predicted octanol–water partition coefficient (Wildman–Crippen LogP) is 0.878. The Morgan fingerprint density at radius 3 is 3.06 bits per heavy atom. The molecule has 0 amide bonds. The molecular weight excluding hydrogens is 230 g/mol. The van der Waals surface area contributed by atoms with Crippen molar-refractivity contribution in [2.24, 2.45) is 5.92 Å². The fourth-order valence-electron chi connectivity index (χ4n) is 2.52. The van der Waals surface area contributed by atoms with Gasteiger partial charge in [0.05, 0.1) is 25.0 Å². The van der Waals surface area contributed by atoms with Gasteiger partial charge in [0.2, 0.25) is 0 Å². The van der Waals surface area contributed by atoms with Gasteiger partial charge in [-0.1, -0.05) is 6.92 Å². The second-order valence-electron chi connectivity index (χ2n) is 5.38. The Kier molecular flexibility index (Phi) is 3.07. The van der Waals surface area contributed by atoms with Crippen LogP contribution in [0.3, 0.4) is 0 Å². The van der Waals surface area contributed by atoms with Crippen LogP contribution in [0.2, 0.25) is 0 Å². The number of nitrogens with zero attached hydrogens (tertiary/aromatic N) is 3. The molecule has 0 spiro atoms. The van der Waals surface area contributed by atoms with Gasteiger partial charge in [0.1, 0.15) is 6.10 Å². The summed E-state index contributed by atoms with van der Waals surface area (Å²) < 4.78 is 6.61. The van der Waals surface area contributed by atoms with Crippen LogP contribution in [0.25, 0.3) is 0 Å². The normalized spacial score (nSPS) is 27.3. The minimum absolute atomic E-state index is 0.0266. The Balaban J connectivity index is 1.76. The SMILES string of the molecule is CC1CCCN(c2cnn(CC3CO3)c(=O)c2)C1. The van der Waals surface area contributed by atoms with E-state index in [9.17, 15) is 4.79 Å². The molecule has 18 heavy (non-hydrogen) atoms. The molecule has 2 aliphatic heterocycles. The Bertz CT molecular complexity index is 481. The van der Waals surface area contributed by atoms with Crippen LogP contribution in [0.5, 0.6) is 0 Å². The van der Waals surface area contributed by atoms with Crippen LogP contribution in [0.1, 0.15) is 19.8 Å². The predicted molar refractivity (Wildman–Crippen MR) is 68.8 cm³/mol. The van der Waals surface area contributed by atoms with Crippen molar-refractivity contribution in [3.8, 4) is 0 Å². The van der Waals surface area contributed by atoms with E-state index in [1.54, 1.807) is 6.07 Å². The van der Waals surface area contributed by atoms with E-state index in [1.165, 1.54) is 17.5 Å². The number of rotatable bonds is 3. The smallest absolute Gasteiger partial charge is 0.268 e. The molecule has 5 nitrogen and oxygen atoms in total. The zero-order chi connectivity index (χ0) is 12.5. The Morgan fingerprint density at radius 1 is 1.56 bits per heavy atom. The summed E-state index contributed by atoms with van der Waals surface area (Å²) in [6.45, 7) is 5.64. The van der Waals surface area contributed by atoms with Gasteiger partial charge < -0.3 is 9.64 Å². The largest absolute Gasteiger partial charge is 0.371 e. The van der Waals surface area contributed by atoms with Crippen molar-refractivity contribution in [1.29, 1.82) is 0 Å². The van der Waals surface area contributed by atoms with E-state index in [-0.39, 0.29) is 11.7 Å². The third kappa shape index (κ3) is 2.56. The van der Waals surface area contributed by atoms with Gasteiger partial charge in [0.15, 0.2) is 0 Å². The molecule has 5 heteroatoms. The minimum Gasteiger partial charge on any atom is -0.371 e. The van der Waals surface area contributed by atoms with Crippen molar-refractivity contribution in [2.75, 3.05) is 24.6 Å². The van der Waals surface area contributed by atoms with Gasteiger partial charge in [0.25, 0.3) is 5.56 Å². The third-order valence-corrected chi connectivity index (χ3v) is 3.66. The quantitative estimate of drug-likeness (QED) is 0.746. The first-order valence-electron chi connectivity index (χ1n) is 6.66. The number of epoxide rings is 1. The first kappa shape index (κ1) is 11.7. The van der Waals surface area contributed by atoms with Crippen molar-refractivity contribution in [3.05, 3.63) is 22.6 Å². The van der Waals surface area contributed by atoms with Gasteiger partial charge in [-0.25, -0.2) is 4.68 Å². The minimum atomic E-state index is -0.0266. The molecule has 3 rings (SSSR count). The topological polar surface area (TPSA) is 50.7 Å². The van der Waals surface area contributed by atoms with Crippen molar-refractivity contribution in [2.45, 2.75) is 32.4 Å². The van der Waals surface area contributed by atoms with Gasteiger partial charge in [-0.2, -0.15) is 5.10 Å². The second-order valence-corrected chi connectivity index (χ2v) is 5.38. The summed E-state index contributed by atoms with van der Waals surface area (Å²) in [4.78, 5) is 14.2. The van der Waals surface area contributed by atoms with E-state index in [0.717, 1.165) is 25.4 Å². The van der Waals surface area contributed by atoms with Crippen LogP contribution in [-0.2, 0) is 11.3 Å². The fraction of sp³-hybridized carbons (Fsp3) is 0.692. The molecule has 0 bridgehead atoms. The standard InChI is InChI=1S/C13H19N3O2/c1-10-3-2-4-15(7-10)11-5-13(17)16(14-6-11)8-12-9-18-12/h5-6,10,12H,2-4,7-9H2,1H3. The highest BCUT2D eigenvalue weighted by atomic mass is 16.6. The highest BCUT2D eigenvalue weighted by Gasteiger charge is 2.24. The highest BCUT2D eigenvalue weighted by Crippen LogP contribution is 2.21. The molecule has 98 valence electrons. The lowest BCUT2D eigenvalue weighted by Crippen LogP contribution is -2.36. The molecule has 2 saturated heterocycles. The van der Waals surface area contributed by atoms with Crippen molar-refractivity contribution < 1.29 is 4.74 Å². The number of anilines is 1. The summed E-state index contributed by atoms with van der Waals surface area (Å²) in [6.07, 6.45) is 4.47. The zero-order valence-corrected chi connectivity index (χ0v) is 10.7. The van der Waals surface area contributed by atoms with Crippen molar-refractivity contribution in [3.63, 3.8) is 0 Å². The molecule has 0 radical (unpaired) electrons. The molecule has 3 heterocycles. The van der Waals surface area contributed by atoms with E-state index >= 15 is 0 Å². The number of hydrogen-bond acceptors (Lipinski definition) is 4. The molecule has 2 aliphatic rings. The maximum Gasteiger partial charge on any atom is 0.268 e. The lowest BCUT2D eigenvalue weighted by Gasteiger charge is -2.32. The second kappa shape index (κ2) is 4.72. The number of piperidine rings is 1. The Hall–Kier alpha value is -1.36. The maximum absolute atomic E-state index is 11.9. The summed E-state index contributed by atoms with van der Waals surface area (Å²) >= 11 is 0. The van der Waals surface area contributed by atoms with E-state index in [4.69, 9.17) is 4.74 Å². The molecule has 2 atom stereocenters. The first-order chi connectivity index (χ1) is 8.72. The molecule has 0 N–H and O–H groups in total. The average molecular weight is 249 g/mol. The van der Waals surface area contributed by atoms with E-state index < -0.39 is 0 Å². The van der Waals surface area contributed by atoms with Gasteiger partial charge >= 0.3 is 0 Å². The fourth-order valence-corrected chi connectivity index (χ4v) is 2.52. The molecular formula is C13H19N3O2. The molecule has 0 saturated carbocycles. The Morgan fingerprint density at radius 2 is 2.39 bits per heavy atom. The van der Waals surface area contributed by atoms with Gasteiger partial charge in [0, 0.05) is 19.2 Å². The summed E-state index contributed by atoms with van der Waals surface area (Å²) in [5.74, 6) is 0.695. The third-order valence-electron chi connectivity index (χ3n) is 3.66. The number of aromatic nitrogens is 2. The molecule has 0 aromatic carbocycles. The van der Waals surface area contributed by atoms with E-state index in [1.807, 2.05) is 6.20 Å². The van der Waals surface area contributed by atoms with Crippen LogP contribution in [-0.4, -0.2) is 35.6 Å². The van der Waals surface area contributed by atoms with E-state index in [2.05, 4.69) is 16.9 Å². The molecule has 2 unspecified atom stereocenters. The molecule has 1 aromatic heterocycles. The summed E-state index contributed by atoms with van der Waals surface area (Å²) in [7, 11) is 0. The van der Waals surface area contributed by atoms with Crippen LogP contribution in [0.15, 0.2) is 17.1 Å². The highest BCUT2D eigenvalue weighted by molar-refractivity contribution is 5.43. The first-order valence-corrected chi connectivity index (χ1v) is 6.66. The van der Waals surface area contributed by atoms with Crippen LogP contribution in [0, 0.1) is 5.92 Å². The van der Waals surface area contributed by atoms with Gasteiger partial charge in [-0.05, 0) is 18.8 Å². The summed E-state index contributed by atoms with van der Waals surface area (Å²) in [5.41, 5.74) is 0.931. The Labute approximate surface area is 106 Å². The lowest BCUT2D eigenvalue weighted by molar-refractivity contribution is 0.368. The van der Waals surface area contributed by atoms with Gasteiger partial charge in [-0.3, -0.25) is 4.79 Å². The molecule has 1 aromatic rings.